The fraction of sp³-hybridized carbons (Fsp3) is 0.500. The van der Waals surface area contributed by atoms with Crippen molar-refractivity contribution in [2.45, 2.75) is 25.7 Å². The summed E-state index contributed by atoms with van der Waals surface area (Å²) in [4.78, 5) is 24.9. The number of unbranched alkanes of at least 4 members (excludes halogenated alkanes) is 2. The van der Waals surface area contributed by atoms with E-state index in [1.54, 1.807) is 7.05 Å². The first-order chi connectivity index (χ1) is 10.0. The zero-order chi connectivity index (χ0) is 15.7. The molecule has 0 saturated heterocycles. The van der Waals surface area contributed by atoms with Crippen LogP contribution in [-0.4, -0.2) is 39.5 Å². The summed E-state index contributed by atoms with van der Waals surface area (Å²) < 4.78 is 0. The Morgan fingerprint density at radius 2 is 1.71 bits per heavy atom. The monoisotopic (exact) mass is 291 g/mol. The summed E-state index contributed by atoms with van der Waals surface area (Å²) >= 11 is 0. The molecule has 0 bridgehead atoms. The third kappa shape index (κ3) is 6.29. The van der Waals surface area contributed by atoms with Crippen molar-refractivity contribution in [1.29, 1.82) is 0 Å². The van der Waals surface area contributed by atoms with Crippen LogP contribution in [0.15, 0.2) is 24.3 Å². The van der Waals surface area contributed by atoms with E-state index in [1.165, 1.54) is 0 Å². The van der Waals surface area contributed by atoms with E-state index in [9.17, 15) is 9.59 Å². The van der Waals surface area contributed by atoms with Crippen LogP contribution in [0.4, 0.5) is 5.69 Å². The Morgan fingerprint density at radius 3 is 2.29 bits per heavy atom. The second-order valence-corrected chi connectivity index (χ2v) is 5.18. The minimum Gasteiger partial charge on any atom is -0.378 e. The topological polar surface area (TPSA) is 61.4 Å². The van der Waals surface area contributed by atoms with E-state index in [-0.39, 0.29) is 11.8 Å². The molecular weight excluding hydrogens is 266 g/mol. The molecule has 2 amide bonds. The molecule has 21 heavy (non-hydrogen) atoms. The summed E-state index contributed by atoms with van der Waals surface area (Å²) in [6, 6.07) is 7.52. The van der Waals surface area contributed by atoms with Gasteiger partial charge in [-0.15, -0.1) is 0 Å². The lowest BCUT2D eigenvalue weighted by Crippen LogP contribution is -2.24. The Kier molecular flexibility index (Phi) is 7.29. The van der Waals surface area contributed by atoms with Crippen molar-refractivity contribution in [1.82, 2.24) is 10.6 Å². The van der Waals surface area contributed by atoms with Gasteiger partial charge in [0.15, 0.2) is 0 Å². The number of anilines is 1. The Hall–Kier alpha value is -2.04. The first-order valence-corrected chi connectivity index (χ1v) is 7.30. The van der Waals surface area contributed by atoms with Gasteiger partial charge in [0.1, 0.15) is 0 Å². The highest BCUT2D eigenvalue weighted by atomic mass is 16.2. The number of hydrogen-bond donors (Lipinski definition) is 2. The fourth-order valence-electron chi connectivity index (χ4n) is 1.93. The van der Waals surface area contributed by atoms with E-state index >= 15 is 0 Å². The number of hydrogen-bond acceptors (Lipinski definition) is 3. The summed E-state index contributed by atoms with van der Waals surface area (Å²) in [5, 5.41) is 5.49. The lowest BCUT2D eigenvalue weighted by Gasteiger charge is -2.12. The first-order valence-electron chi connectivity index (χ1n) is 7.30. The van der Waals surface area contributed by atoms with Crippen LogP contribution in [-0.2, 0) is 4.79 Å². The van der Waals surface area contributed by atoms with E-state index in [0.717, 1.165) is 24.9 Å². The number of carbonyl (C=O) groups is 2. The molecule has 0 aromatic heterocycles. The molecule has 2 N–H and O–H groups in total. The molecule has 0 fully saturated rings. The van der Waals surface area contributed by atoms with Crippen LogP contribution in [0.1, 0.15) is 36.0 Å². The Balaban J connectivity index is 2.23. The molecule has 0 saturated carbocycles. The SMILES string of the molecule is CNC(=O)CCCCCNC(=O)c1ccc(N(C)C)cc1. The predicted molar refractivity (Wildman–Crippen MR) is 85.6 cm³/mol. The van der Waals surface area contributed by atoms with Crippen molar-refractivity contribution in [3.8, 4) is 0 Å². The molecule has 0 radical (unpaired) electrons. The number of nitrogens with zero attached hydrogens (tertiary/aromatic N) is 1. The molecule has 0 aliphatic carbocycles. The molecule has 0 atom stereocenters. The van der Waals surface area contributed by atoms with Crippen LogP contribution in [0, 0.1) is 0 Å². The number of rotatable bonds is 8. The van der Waals surface area contributed by atoms with E-state index in [2.05, 4.69) is 10.6 Å². The van der Waals surface area contributed by atoms with Gasteiger partial charge in [0.25, 0.3) is 5.91 Å². The summed E-state index contributed by atoms with van der Waals surface area (Å²) in [6.07, 6.45) is 3.23. The maximum absolute atomic E-state index is 11.9. The molecule has 116 valence electrons. The molecule has 0 unspecified atom stereocenters. The van der Waals surface area contributed by atoms with Gasteiger partial charge in [-0.3, -0.25) is 9.59 Å². The van der Waals surface area contributed by atoms with E-state index in [4.69, 9.17) is 0 Å². The molecule has 1 rings (SSSR count). The Labute approximate surface area is 126 Å². The van der Waals surface area contributed by atoms with Gasteiger partial charge >= 0.3 is 0 Å². The Bertz CT molecular complexity index is 455. The number of benzene rings is 1. The molecule has 1 aromatic carbocycles. The van der Waals surface area contributed by atoms with Crippen molar-refractivity contribution in [2.75, 3.05) is 32.6 Å². The first kappa shape index (κ1) is 17.0. The number of amides is 2. The third-order valence-corrected chi connectivity index (χ3v) is 3.29. The van der Waals surface area contributed by atoms with E-state index < -0.39 is 0 Å². The molecular formula is C16H25N3O2. The van der Waals surface area contributed by atoms with Gasteiger partial charge in [-0.2, -0.15) is 0 Å². The molecule has 0 spiro atoms. The molecule has 0 heterocycles. The minimum atomic E-state index is -0.0494. The lowest BCUT2D eigenvalue weighted by molar-refractivity contribution is -0.120. The van der Waals surface area contributed by atoms with Gasteiger partial charge in [-0.25, -0.2) is 0 Å². The zero-order valence-corrected chi connectivity index (χ0v) is 13.1. The fourth-order valence-corrected chi connectivity index (χ4v) is 1.93. The van der Waals surface area contributed by atoms with Crippen molar-refractivity contribution in [3.05, 3.63) is 29.8 Å². The molecule has 0 aliphatic heterocycles. The van der Waals surface area contributed by atoms with Crippen LogP contribution in [0.2, 0.25) is 0 Å². The maximum atomic E-state index is 11.9. The summed E-state index contributed by atoms with van der Waals surface area (Å²) in [5.74, 6) is 0.0200. The minimum absolute atomic E-state index is 0.0494. The van der Waals surface area contributed by atoms with Crippen LogP contribution in [0.3, 0.4) is 0 Å². The molecule has 1 aromatic rings. The largest absolute Gasteiger partial charge is 0.378 e. The highest BCUT2D eigenvalue weighted by molar-refractivity contribution is 5.94. The number of carbonyl (C=O) groups excluding carboxylic acids is 2. The highest BCUT2D eigenvalue weighted by Crippen LogP contribution is 2.12. The van der Waals surface area contributed by atoms with Gasteiger partial charge in [0, 0.05) is 45.4 Å². The number of nitrogens with one attached hydrogen (secondary N) is 2. The van der Waals surface area contributed by atoms with Crippen molar-refractivity contribution < 1.29 is 9.59 Å². The molecule has 0 aliphatic rings. The average molecular weight is 291 g/mol. The normalized spacial score (nSPS) is 10.0. The van der Waals surface area contributed by atoms with Crippen LogP contribution >= 0.6 is 0 Å². The van der Waals surface area contributed by atoms with Gasteiger partial charge in [-0.1, -0.05) is 6.42 Å². The van der Waals surface area contributed by atoms with Crippen molar-refractivity contribution in [2.24, 2.45) is 0 Å². The quantitative estimate of drug-likeness (QED) is 0.718. The van der Waals surface area contributed by atoms with E-state index in [1.807, 2.05) is 43.3 Å². The van der Waals surface area contributed by atoms with Crippen molar-refractivity contribution >= 4 is 17.5 Å². The lowest BCUT2D eigenvalue weighted by atomic mass is 10.1. The average Bonchev–Trinajstić information content (AvgIpc) is 2.50. The van der Waals surface area contributed by atoms with Gasteiger partial charge < -0.3 is 15.5 Å². The second-order valence-electron chi connectivity index (χ2n) is 5.18. The molecule has 5 nitrogen and oxygen atoms in total. The smallest absolute Gasteiger partial charge is 0.251 e. The summed E-state index contributed by atoms with van der Waals surface area (Å²) in [6.45, 7) is 0.641. The molecule has 5 heteroatoms. The Morgan fingerprint density at radius 1 is 1.05 bits per heavy atom. The summed E-state index contributed by atoms with van der Waals surface area (Å²) in [7, 11) is 5.58. The summed E-state index contributed by atoms with van der Waals surface area (Å²) in [5.41, 5.74) is 1.74. The maximum Gasteiger partial charge on any atom is 0.251 e. The van der Waals surface area contributed by atoms with E-state index in [0.29, 0.717) is 18.5 Å². The highest BCUT2D eigenvalue weighted by Gasteiger charge is 2.05. The van der Waals surface area contributed by atoms with Crippen molar-refractivity contribution in [3.63, 3.8) is 0 Å². The van der Waals surface area contributed by atoms with Gasteiger partial charge in [0.2, 0.25) is 5.91 Å². The van der Waals surface area contributed by atoms with Gasteiger partial charge in [0.05, 0.1) is 0 Å². The standard InChI is InChI=1S/C16H25N3O2/c1-17-15(20)7-5-4-6-12-18-16(21)13-8-10-14(11-9-13)19(2)3/h8-11H,4-7,12H2,1-3H3,(H,17,20)(H,18,21). The third-order valence-electron chi connectivity index (χ3n) is 3.29. The van der Waals surface area contributed by atoms with Crippen LogP contribution in [0.5, 0.6) is 0 Å². The van der Waals surface area contributed by atoms with Crippen LogP contribution < -0.4 is 15.5 Å². The zero-order valence-electron chi connectivity index (χ0n) is 13.1. The predicted octanol–water partition coefficient (Wildman–Crippen LogP) is 1.79. The van der Waals surface area contributed by atoms with Gasteiger partial charge in [-0.05, 0) is 37.1 Å². The second kappa shape index (κ2) is 9.00. The van der Waals surface area contributed by atoms with Crippen LogP contribution in [0.25, 0.3) is 0 Å².